The van der Waals surface area contributed by atoms with Gasteiger partial charge in [-0.25, -0.2) is 0 Å². The summed E-state index contributed by atoms with van der Waals surface area (Å²) in [5.74, 6) is 2.40. The number of hydrogen-bond donors (Lipinski definition) is 1. The van der Waals surface area contributed by atoms with Gasteiger partial charge >= 0.3 is 5.97 Å². The van der Waals surface area contributed by atoms with Crippen LogP contribution in [0.1, 0.15) is 94.4 Å². The smallest absolute Gasteiger partial charge is 0.304 e. The highest BCUT2D eigenvalue weighted by atomic mass is 32.2. The van der Waals surface area contributed by atoms with Crippen LogP contribution in [0.25, 0.3) is 0 Å². The first-order valence-corrected chi connectivity index (χ1v) is 12.9. The number of unbranched alkanes of at least 4 members (excludes halogenated alkanes) is 1. The summed E-state index contributed by atoms with van der Waals surface area (Å²) in [4.78, 5) is 40.8. The molecule has 0 spiro atoms. The zero-order valence-electron chi connectivity index (χ0n) is 22.3. The van der Waals surface area contributed by atoms with Crippen molar-refractivity contribution in [3.63, 3.8) is 0 Å². The summed E-state index contributed by atoms with van der Waals surface area (Å²) in [6.07, 6.45) is 7.49. The predicted molar refractivity (Wildman–Crippen MR) is 138 cm³/mol. The molecular weight excluding hydrogens is 436 g/mol. The van der Waals surface area contributed by atoms with E-state index in [0.717, 1.165) is 0 Å². The number of terminal acetylenes is 1. The van der Waals surface area contributed by atoms with E-state index in [1.165, 1.54) is 0 Å². The Morgan fingerprint density at radius 3 is 2.03 bits per heavy atom. The van der Waals surface area contributed by atoms with Gasteiger partial charge < -0.3 is 14.9 Å². The number of hydrogen-bond acceptors (Lipinski definition) is 4. The Labute approximate surface area is 206 Å². The normalized spacial score (nSPS) is 12.4. The van der Waals surface area contributed by atoms with E-state index in [4.69, 9.17) is 11.5 Å². The summed E-state index contributed by atoms with van der Waals surface area (Å²) in [5.41, 5.74) is -0.942. The molecule has 0 aliphatic heterocycles. The number of carboxylic acids is 1. The van der Waals surface area contributed by atoms with Gasteiger partial charge in [-0.1, -0.05) is 20.8 Å². The molecule has 0 saturated heterocycles. The van der Waals surface area contributed by atoms with Gasteiger partial charge in [-0.3, -0.25) is 14.4 Å². The third kappa shape index (κ3) is 10.00. The van der Waals surface area contributed by atoms with E-state index >= 15 is 0 Å². The maximum atomic E-state index is 13.1. The molecule has 0 aromatic carbocycles. The van der Waals surface area contributed by atoms with E-state index in [-0.39, 0.29) is 29.0 Å². The van der Waals surface area contributed by atoms with Gasteiger partial charge in [0, 0.05) is 59.8 Å². The molecule has 0 aromatic heterocycles. The Morgan fingerprint density at radius 1 is 1.00 bits per heavy atom. The maximum Gasteiger partial charge on any atom is 0.304 e. The van der Waals surface area contributed by atoms with Crippen LogP contribution in [0.5, 0.6) is 0 Å². The van der Waals surface area contributed by atoms with E-state index in [2.05, 4.69) is 33.6 Å². The molecule has 0 rings (SSSR count). The number of aliphatic carboxylic acids is 1. The van der Waals surface area contributed by atoms with Crippen LogP contribution in [0.4, 0.5) is 0 Å². The Balaban J connectivity index is 5.78. The topological polar surface area (TPSA) is 77.9 Å². The number of carbonyl (C=O) groups excluding carboxylic acids is 2. The number of nitrogens with zero attached hydrogens (tertiary/aromatic N) is 2. The molecular formula is C26H46N2O4S. The number of carbonyl (C=O) groups is 3. The second-order valence-electron chi connectivity index (χ2n) is 10.7. The van der Waals surface area contributed by atoms with Gasteiger partial charge in [0.15, 0.2) is 0 Å². The van der Waals surface area contributed by atoms with E-state index in [1.807, 2.05) is 44.4 Å². The van der Waals surface area contributed by atoms with Crippen molar-refractivity contribution in [3.05, 3.63) is 0 Å². The first kappa shape index (κ1) is 31.3. The zero-order valence-corrected chi connectivity index (χ0v) is 23.1. The minimum absolute atomic E-state index is 0.0387. The Bertz CT molecular complexity index is 708. The van der Waals surface area contributed by atoms with Gasteiger partial charge in [0.05, 0.1) is 6.42 Å². The van der Waals surface area contributed by atoms with Crippen molar-refractivity contribution in [2.45, 2.75) is 111 Å². The van der Waals surface area contributed by atoms with Gasteiger partial charge in [0.1, 0.15) is 0 Å². The lowest BCUT2D eigenvalue weighted by Crippen LogP contribution is -2.62. The molecule has 0 aromatic rings. The fourth-order valence-corrected chi connectivity index (χ4v) is 4.71. The number of thioether (sulfide) groups is 1. The predicted octanol–water partition coefficient (Wildman–Crippen LogP) is 5.06. The molecule has 0 atom stereocenters. The highest BCUT2D eigenvalue weighted by molar-refractivity contribution is 8.00. The molecule has 33 heavy (non-hydrogen) atoms. The third-order valence-corrected chi connectivity index (χ3v) is 7.82. The van der Waals surface area contributed by atoms with Crippen molar-refractivity contribution in [3.8, 4) is 12.3 Å². The monoisotopic (exact) mass is 482 g/mol. The highest BCUT2D eigenvalue weighted by Gasteiger charge is 2.46. The fourth-order valence-electron chi connectivity index (χ4n) is 3.66. The van der Waals surface area contributed by atoms with Crippen LogP contribution < -0.4 is 0 Å². The molecule has 0 radical (unpaired) electrons. The van der Waals surface area contributed by atoms with Crippen molar-refractivity contribution in [2.75, 3.05) is 18.8 Å². The first-order valence-electron chi connectivity index (χ1n) is 11.9. The molecule has 0 fully saturated rings. The molecule has 0 heterocycles. The van der Waals surface area contributed by atoms with Crippen LogP contribution in [0.3, 0.4) is 0 Å². The summed E-state index contributed by atoms with van der Waals surface area (Å²) in [7, 11) is 0. The van der Waals surface area contributed by atoms with E-state index in [1.54, 1.807) is 11.8 Å². The van der Waals surface area contributed by atoms with Crippen molar-refractivity contribution < 1.29 is 19.5 Å². The SMILES string of the molecule is C#CCCCC(=O)N(CC(C)(C)C(C)(C)N(CC(C)(C)SCCC(=O)O)C(=O)CC)C(C)C. The summed E-state index contributed by atoms with van der Waals surface area (Å²) < 4.78 is -0.309. The molecule has 0 bridgehead atoms. The average Bonchev–Trinajstić information content (AvgIpc) is 2.68. The molecule has 0 saturated carbocycles. The minimum Gasteiger partial charge on any atom is -0.481 e. The zero-order chi connectivity index (χ0) is 26.0. The van der Waals surface area contributed by atoms with Crippen LogP contribution in [0.2, 0.25) is 0 Å². The van der Waals surface area contributed by atoms with Crippen molar-refractivity contribution in [1.29, 1.82) is 0 Å². The molecule has 7 heteroatoms. The van der Waals surface area contributed by atoms with Crippen LogP contribution in [-0.2, 0) is 14.4 Å². The van der Waals surface area contributed by atoms with E-state index < -0.39 is 16.9 Å². The Morgan fingerprint density at radius 2 is 1.58 bits per heavy atom. The Kier molecular flexibility index (Phi) is 12.6. The van der Waals surface area contributed by atoms with Gasteiger partial charge in [0.25, 0.3) is 0 Å². The molecule has 0 unspecified atom stereocenters. The van der Waals surface area contributed by atoms with Crippen LogP contribution in [0, 0.1) is 17.8 Å². The average molecular weight is 483 g/mol. The lowest BCUT2D eigenvalue weighted by atomic mass is 9.72. The minimum atomic E-state index is -0.818. The number of carboxylic acid groups (broad SMARTS) is 1. The molecule has 2 amide bonds. The lowest BCUT2D eigenvalue weighted by molar-refractivity contribution is -0.145. The quantitative estimate of drug-likeness (QED) is 0.261. The van der Waals surface area contributed by atoms with Crippen molar-refractivity contribution in [2.24, 2.45) is 5.41 Å². The van der Waals surface area contributed by atoms with Gasteiger partial charge in [0.2, 0.25) is 11.8 Å². The summed E-state index contributed by atoms with van der Waals surface area (Å²) in [6.45, 7) is 19.4. The third-order valence-electron chi connectivity index (χ3n) is 6.50. The fraction of sp³-hybridized carbons (Fsp3) is 0.808. The first-order chi connectivity index (χ1) is 15.0. The molecule has 6 nitrogen and oxygen atoms in total. The highest BCUT2D eigenvalue weighted by Crippen LogP contribution is 2.40. The number of amides is 2. The summed E-state index contributed by atoms with van der Waals surface area (Å²) in [6, 6.07) is 0.0387. The summed E-state index contributed by atoms with van der Waals surface area (Å²) >= 11 is 1.57. The van der Waals surface area contributed by atoms with Crippen LogP contribution >= 0.6 is 11.8 Å². The largest absolute Gasteiger partial charge is 0.481 e. The van der Waals surface area contributed by atoms with Crippen LogP contribution in [-0.4, -0.2) is 67.9 Å². The van der Waals surface area contributed by atoms with Crippen molar-refractivity contribution in [1.82, 2.24) is 9.80 Å². The molecule has 1 N–H and O–H groups in total. The second kappa shape index (κ2) is 13.3. The second-order valence-corrected chi connectivity index (χ2v) is 12.5. The Hall–Kier alpha value is -1.68. The summed E-state index contributed by atoms with van der Waals surface area (Å²) in [5, 5.41) is 8.98. The van der Waals surface area contributed by atoms with Gasteiger partial charge in [-0.05, 0) is 48.0 Å². The number of rotatable bonds is 15. The standard InChI is InChI=1S/C26H46N2O4S/c1-11-13-14-15-22(30)27(20(3)4)18-24(5,6)26(9,10)28(21(29)12-2)19-25(7,8)33-17-16-23(31)32/h1,20H,12-19H2,2-10H3,(H,31,32). The lowest BCUT2D eigenvalue weighted by Gasteiger charge is -2.53. The molecule has 190 valence electrons. The molecule has 0 aliphatic rings. The van der Waals surface area contributed by atoms with E-state index in [9.17, 15) is 14.4 Å². The van der Waals surface area contributed by atoms with Crippen LogP contribution in [0.15, 0.2) is 0 Å². The van der Waals surface area contributed by atoms with E-state index in [0.29, 0.717) is 44.5 Å². The van der Waals surface area contributed by atoms with Gasteiger partial charge in [-0.15, -0.1) is 12.3 Å². The van der Waals surface area contributed by atoms with Gasteiger partial charge in [-0.2, -0.15) is 11.8 Å². The maximum absolute atomic E-state index is 13.1. The van der Waals surface area contributed by atoms with Crippen molar-refractivity contribution >= 4 is 29.5 Å². The molecule has 0 aliphatic carbocycles.